The number of nitrogens with one attached hydrogen (secondary N) is 1. The second-order valence-corrected chi connectivity index (χ2v) is 4.62. The van der Waals surface area contributed by atoms with E-state index in [0.29, 0.717) is 12.1 Å². The van der Waals surface area contributed by atoms with E-state index >= 15 is 0 Å². The summed E-state index contributed by atoms with van der Waals surface area (Å²) in [5.74, 6) is -1.37. The molecule has 2 rings (SSSR count). The minimum atomic E-state index is -1.11. The Morgan fingerprint density at radius 1 is 1.33 bits per heavy atom. The quantitative estimate of drug-likeness (QED) is 0.769. The maximum Gasteiger partial charge on any atom is 0.354 e. The van der Waals surface area contributed by atoms with E-state index in [1.807, 2.05) is 13.2 Å². The van der Waals surface area contributed by atoms with Crippen molar-refractivity contribution in [2.75, 3.05) is 6.54 Å². The zero-order valence-electron chi connectivity index (χ0n) is 11.6. The van der Waals surface area contributed by atoms with Crippen LogP contribution in [0.4, 0.5) is 0 Å². The van der Waals surface area contributed by atoms with Gasteiger partial charge < -0.3 is 10.4 Å². The van der Waals surface area contributed by atoms with Crippen LogP contribution in [0.25, 0.3) is 0 Å². The lowest BCUT2D eigenvalue weighted by molar-refractivity contribution is 0.0689. The Hall–Kier alpha value is -2.70. The fraction of sp³-hybridized carbons (Fsp3) is 0.286. The molecule has 0 unspecified atom stereocenters. The largest absolute Gasteiger partial charge is 0.477 e. The van der Waals surface area contributed by atoms with Crippen LogP contribution in [-0.4, -0.2) is 38.3 Å². The van der Waals surface area contributed by atoms with Crippen molar-refractivity contribution < 1.29 is 14.7 Å². The third-order valence-electron chi connectivity index (χ3n) is 2.93. The molecule has 7 nitrogen and oxygen atoms in total. The van der Waals surface area contributed by atoms with Crippen molar-refractivity contribution in [3.63, 3.8) is 0 Å². The van der Waals surface area contributed by atoms with E-state index in [9.17, 15) is 9.59 Å². The Bertz CT molecular complexity index is 634. The highest BCUT2D eigenvalue weighted by atomic mass is 16.4. The van der Waals surface area contributed by atoms with Crippen molar-refractivity contribution in [1.29, 1.82) is 0 Å². The molecule has 2 heterocycles. The Kier molecular flexibility index (Phi) is 4.65. The van der Waals surface area contributed by atoms with Gasteiger partial charge >= 0.3 is 5.97 Å². The van der Waals surface area contributed by atoms with Gasteiger partial charge in [-0.2, -0.15) is 5.10 Å². The molecule has 0 saturated heterocycles. The van der Waals surface area contributed by atoms with Gasteiger partial charge in [-0.3, -0.25) is 9.48 Å². The molecule has 0 aromatic carbocycles. The minimum absolute atomic E-state index is 0.0804. The molecular formula is C14H16N4O3. The van der Waals surface area contributed by atoms with Gasteiger partial charge in [0.05, 0.1) is 11.8 Å². The SMILES string of the molecule is Cn1cc(CCCNC(=O)c2ccc(C(=O)O)nc2)cn1. The van der Waals surface area contributed by atoms with Crippen molar-refractivity contribution in [1.82, 2.24) is 20.1 Å². The highest BCUT2D eigenvalue weighted by molar-refractivity contribution is 5.94. The molecule has 21 heavy (non-hydrogen) atoms. The van der Waals surface area contributed by atoms with Gasteiger partial charge in [0.25, 0.3) is 5.91 Å². The highest BCUT2D eigenvalue weighted by Gasteiger charge is 2.08. The zero-order valence-corrected chi connectivity index (χ0v) is 11.6. The average molecular weight is 288 g/mol. The predicted octanol–water partition coefficient (Wildman–Crippen LogP) is 0.876. The van der Waals surface area contributed by atoms with E-state index < -0.39 is 5.97 Å². The molecule has 0 atom stereocenters. The van der Waals surface area contributed by atoms with Crippen molar-refractivity contribution in [3.05, 3.63) is 47.5 Å². The van der Waals surface area contributed by atoms with Crippen LogP contribution < -0.4 is 5.32 Å². The first-order valence-electron chi connectivity index (χ1n) is 6.51. The standard InChI is InChI=1S/C14H16N4O3/c1-18-9-10(7-17-18)3-2-6-15-13(19)11-4-5-12(14(20)21)16-8-11/h4-5,7-9H,2-3,6H2,1H3,(H,15,19)(H,20,21). The number of carbonyl (C=O) groups excluding carboxylic acids is 1. The Balaban J connectivity index is 1.77. The summed E-state index contributed by atoms with van der Waals surface area (Å²) in [5.41, 5.74) is 1.39. The number of aryl methyl sites for hydroxylation is 2. The van der Waals surface area contributed by atoms with Gasteiger partial charge in [-0.05, 0) is 30.5 Å². The van der Waals surface area contributed by atoms with Crippen LogP contribution in [0, 0.1) is 0 Å². The van der Waals surface area contributed by atoms with E-state index in [1.54, 1.807) is 10.9 Å². The number of rotatable bonds is 6. The molecule has 2 aromatic rings. The summed E-state index contributed by atoms with van der Waals surface area (Å²) in [6, 6.07) is 2.76. The van der Waals surface area contributed by atoms with Crippen LogP contribution >= 0.6 is 0 Å². The third-order valence-corrected chi connectivity index (χ3v) is 2.93. The predicted molar refractivity (Wildman–Crippen MR) is 75.1 cm³/mol. The van der Waals surface area contributed by atoms with Gasteiger partial charge in [0.2, 0.25) is 0 Å². The van der Waals surface area contributed by atoms with E-state index in [2.05, 4.69) is 15.4 Å². The molecule has 0 saturated carbocycles. The summed E-state index contributed by atoms with van der Waals surface area (Å²) < 4.78 is 1.74. The number of carboxylic acid groups (broad SMARTS) is 1. The van der Waals surface area contributed by atoms with Gasteiger partial charge in [0.1, 0.15) is 5.69 Å². The van der Waals surface area contributed by atoms with E-state index in [4.69, 9.17) is 5.11 Å². The summed E-state index contributed by atoms with van der Waals surface area (Å²) in [6.07, 6.45) is 6.65. The molecule has 2 N–H and O–H groups in total. The number of aromatic carboxylic acids is 1. The number of aromatic nitrogens is 3. The lowest BCUT2D eigenvalue weighted by Gasteiger charge is -2.04. The molecule has 110 valence electrons. The van der Waals surface area contributed by atoms with Gasteiger partial charge in [0.15, 0.2) is 0 Å². The van der Waals surface area contributed by atoms with Gasteiger partial charge in [-0.1, -0.05) is 0 Å². The number of hydrogen-bond donors (Lipinski definition) is 2. The molecule has 7 heteroatoms. The first-order chi connectivity index (χ1) is 10.1. The van der Waals surface area contributed by atoms with Crippen molar-refractivity contribution in [2.24, 2.45) is 7.05 Å². The van der Waals surface area contributed by atoms with Crippen molar-refractivity contribution >= 4 is 11.9 Å². The molecule has 0 bridgehead atoms. The third kappa shape index (κ3) is 4.13. The minimum Gasteiger partial charge on any atom is -0.477 e. The second kappa shape index (κ2) is 6.65. The molecule has 2 aromatic heterocycles. The first kappa shape index (κ1) is 14.7. The summed E-state index contributed by atoms with van der Waals surface area (Å²) in [6.45, 7) is 0.536. The Morgan fingerprint density at radius 2 is 2.14 bits per heavy atom. The second-order valence-electron chi connectivity index (χ2n) is 4.62. The lowest BCUT2D eigenvalue weighted by Crippen LogP contribution is -2.25. The number of carboxylic acids is 1. The summed E-state index contributed by atoms with van der Waals surface area (Å²) in [4.78, 5) is 26.2. The molecule has 0 fully saturated rings. The fourth-order valence-electron chi connectivity index (χ4n) is 1.85. The van der Waals surface area contributed by atoms with Gasteiger partial charge in [-0.25, -0.2) is 9.78 Å². The zero-order chi connectivity index (χ0) is 15.2. The molecule has 0 aliphatic heterocycles. The average Bonchev–Trinajstić information content (AvgIpc) is 2.89. The van der Waals surface area contributed by atoms with E-state index in [1.165, 1.54) is 18.3 Å². The first-order valence-corrected chi connectivity index (χ1v) is 6.51. The monoisotopic (exact) mass is 288 g/mol. The summed E-state index contributed by atoms with van der Waals surface area (Å²) in [5, 5.41) is 15.6. The topological polar surface area (TPSA) is 97.1 Å². The van der Waals surface area contributed by atoms with Crippen LogP contribution in [-0.2, 0) is 13.5 Å². The maximum absolute atomic E-state index is 11.8. The number of amides is 1. The van der Waals surface area contributed by atoms with E-state index in [0.717, 1.165) is 18.4 Å². The molecule has 0 aliphatic carbocycles. The number of hydrogen-bond acceptors (Lipinski definition) is 4. The number of nitrogens with zero attached hydrogens (tertiary/aromatic N) is 3. The molecule has 0 spiro atoms. The fourth-order valence-corrected chi connectivity index (χ4v) is 1.85. The van der Waals surface area contributed by atoms with Crippen LogP contribution in [0.3, 0.4) is 0 Å². The number of carbonyl (C=O) groups is 2. The Labute approximate surface area is 121 Å². The summed E-state index contributed by atoms with van der Waals surface area (Å²) in [7, 11) is 1.86. The molecule has 1 amide bonds. The maximum atomic E-state index is 11.8. The summed E-state index contributed by atoms with van der Waals surface area (Å²) >= 11 is 0. The van der Waals surface area contributed by atoms with E-state index in [-0.39, 0.29) is 11.6 Å². The highest BCUT2D eigenvalue weighted by Crippen LogP contribution is 2.02. The van der Waals surface area contributed by atoms with Gasteiger partial charge in [-0.15, -0.1) is 0 Å². The van der Waals surface area contributed by atoms with Crippen LogP contribution in [0.15, 0.2) is 30.7 Å². The van der Waals surface area contributed by atoms with Crippen LogP contribution in [0.5, 0.6) is 0 Å². The smallest absolute Gasteiger partial charge is 0.354 e. The molecule has 0 aliphatic rings. The number of pyridine rings is 1. The normalized spacial score (nSPS) is 10.3. The van der Waals surface area contributed by atoms with Crippen LogP contribution in [0.2, 0.25) is 0 Å². The Morgan fingerprint density at radius 3 is 2.71 bits per heavy atom. The molecule has 0 radical (unpaired) electrons. The van der Waals surface area contributed by atoms with Crippen LogP contribution in [0.1, 0.15) is 32.8 Å². The lowest BCUT2D eigenvalue weighted by atomic mass is 10.2. The molecular weight excluding hydrogens is 272 g/mol. The van der Waals surface area contributed by atoms with Gasteiger partial charge in [0, 0.05) is 26.0 Å². The van der Waals surface area contributed by atoms with Crippen molar-refractivity contribution in [3.8, 4) is 0 Å². The van der Waals surface area contributed by atoms with Crippen molar-refractivity contribution in [2.45, 2.75) is 12.8 Å².